The molecule has 2 atom stereocenters. The molecule has 3 N–H and O–H groups in total. The maximum Gasteiger partial charge on any atom is 0.323 e. The van der Waals surface area contributed by atoms with E-state index in [1.807, 2.05) is 6.07 Å². The first-order chi connectivity index (χ1) is 9.15. The van der Waals surface area contributed by atoms with Gasteiger partial charge in [-0.1, -0.05) is 33.3 Å². The van der Waals surface area contributed by atoms with E-state index in [9.17, 15) is 4.79 Å². The highest BCUT2D eigenvalue weighted by Crippen LogP contribution is 2.26. The number of benzene rings is 1. The Morgan fingerprint density at radius 3 is 2.63 bits per heavy atom. The molecule has 0 aliphatic carbocycles. The zero-order valence-corrected chi connectivity index (χ0v) is 11.9. The summed E-state index contributed by atoms with van der Waals surface area (Å²) < 4.78 is 0. The largest absolute Gasteiger partial charge is 0.323 e. The van der Waals surface area contributed by atoms with Gasteiger partial charge in [0.05, 0.1) is 11.0 Å². The smallest absolute Gasteiger partial charge is 0.310 e. The van der Waals surface area contributed by atoms with E-state index in [4.69, 9.17) is 0 Å². The van der Waals surface area contributed by atoms with Gasteiger partial charge in [0.2, 0.25) is 0 Å². The average Bonchev–Trinajstić information content (AvgIpc) is 2.78. The van der Waals surface area contributed by atoms with Crippen LogP contribution in [-0.4, -0.2) is 16.5 Å². The summed E-state index contributed by atoms with van der Waals surface area (Å²) in [5, 5.41) is 3.61. The molecule has 1 aromatic heterocycles. The first-order valence-electron chi connectivity index (χ1n) is 7.11. The lowest BCUT2D eigenvalue weighted by atomic mass is 9.92. The Bertz CT molecular complexity index is 584. The van der Waals surface area contributed by atoms with Crippen molar-refractivity contribution in [3.05, 3.63) is 34.2 Å². The predicted octanol–water partition coefficient (Wildman–Crippen LogP) is 2.94. The van der Waals surface area contributed by atoms with Gasteiger partial charge >= 0.3 is 5.69 Å². The third-order valence-electron chi connectivity index (χ3n) is 3.73. The maximum atomic E-state index is 11.3. The van der Waals surface area contributed by atoms with Gasteiger partial charge in [0.15, 0.2) is 0 Å². The number of H-pyrrole nitrogens is 2. The number of imidazole rings is 1. The standard InChI is InChI=1S/C15H23N3O/c1-4-8-16-14(10(3)5-2)11-6-7-12-13(9-11)18-15(19)17-12/h6-7,9-10,14,16H,4-5,8H2,1-3H3,(H2,17,18,19). The molecular formula is C15H23N3O. The minimum atomic E-state index is -0.145. The molecule has 19 heavy (non-hydrogen) atoms. The molecule has 2 aromatic rings. The number of nitrogens with one attached hydrogen (secondary N) is 3. The van der Waals surface area contributed by atoms with Crippen LogP contribution in [0.2, 0.25) is 0 Å². The molecule has 0 spiro atoms. The summed E-state index contributed by atoms with van der Waals surface area (Å²) in [7, 11) is 0. The van der Waals surface area contributed by atoms with E-state index < -0.39 is 0 Å². The zero-order valence-electron chi connectivity index (χ0n) is 11.9. The summed E-state index contributed by atoms with van der Waals surface area (Å²) in [5.74, 6) is 0.565. The van der Waals surface area contributed by atoms with Crippen molar-refractivity contribution in [1.29, 1.82) is 0 Å². The summed E-state index contributed by atoms with van der Waals surface area (Å²) in [5.41, 5.74) is 2.85. The molecule has 2 unspecified atom stereocenters. The molecule has 104 valence electrons. The molecule has 0 radical (unpaired) electrons. The number of aromatic nitrogens is 2. The summed E-state index contributed by atoms with van der Waals surface area (Å²) in [4.78, 5) is 16.9. The fraction of sp³-hybridized carbons (Fsp3) is 0.533. The Kier molecular flexibility index (Phi) is 4.43. The van der Waals surface area contributed by atoms with Crippen LogP contribution in [0.15, 0.2) is 23.0 Å². The van der Waals surface area contributed by atoms with Crippen LogP contribution >= 0.6 is 0 Å². The number of fused-ring (bicyclic) bond motifs is 1. The molecule has 0 aliphatic heterocycles. The van der Waals surface area contributed by atoms with E-state index in [0.29, 0.717) is 12.0 Å². The summed E-state index contributed by atoms with van der Waals surface area (Å²) in [6.45, 7) is 7.66. The van der Waals surface area contributed by atoms with Crippen molar-refractivity contribution >= 4 is 11.0 Å². The third-order valence-corrected chi connectivity index (χ3v) is 3.73. The highest BCUT2D eigenvalue weighted by Gasteiger charge is 2.17. The molecule has 2 rings (SSSR count). The van der Waals surface area contributed by atoms with Gasteiger partial charge in [0.1, 0.15) is 0 Å². The first-order valence-corrected chi connectivity index (χ1v) is 7.11. The van der Waals surface area contributed by atoms with E-state index in [1.54, 1.807) is 0 Å². The average molecular weight is 261 g/mol. The van der Waals surface area contributed by atoms with Crippen molar-refractivity contribution in [2.45, 2.75) is 39.7 Å². The second-order valence-electron chi connectivity index (χ2n) is 5.20. The minimum Gasteiger partial charge on any atom is -0.310 e. The lowest BCUT2D eigenvalue weighted by Gasteiger charge is -2.25. The summed E-state index contributed by atoms with van der Waals surface area (Å²) in [6.07, 6.45) is 2.25. The molecule has 0 amide bonds. The Balaban J connectivity index is 2.34. The van der Waals surface area contributed by atoms with Gasteiger partial charge in [-0.3, -0.25) is 0 Å². The summed E-state index contributed by atoms with van der Waals surface area (Å²) >= 11 is 0. The van der Waals surface area contributed by atoms with Gasteiger partial charge in [-0.05, 0) is 36.6 Å². The van der Waals surface area contributed by atoms with Crippen LogP contribution in [0.1, 0.15) is 45.2 Å². The summed E-state index contributed by atoms with van der Waals surface area (Å²) in [6, 6.07) is 6.50. The second kappa shape index (κ2) is 6.06. The first kappa shape index (κ1) is 13.9. The van der Waals surface area contributed by atoms with Crippen molar-refractivity contribution in [3.8, 4) is 0 Å². The molecule has 0 aliphatic rings. The topological polar surface area (TPSA) is 60.7 Å². The molecular weight excluding hydrogens is 238 g/mol. The highest BCUT2D eigenvalue weighted by molar-refractivity contribution is 5.75. The van der Waals surface area contributed by atoms with E-state index >= 15 is 0 Å². The lowest BCUT2D eigenvalue weighted by molar-refractivity contribution is 0.377. The number of hydrogen-bond acceptors (Lipinski definition) is 2. The van der Waals surface area contributed by atoms with E-state index in [1.165, 1.54) is 5.56 Å². The van der Waals surface area contributed by atoms with Crippen molar-refractivity contribution in [2.75, 3.05) is 6.54 Å². The number of hydrogen-bond donors (Lipinski definition) is 3. The number of aromatic amines is 2. The highest BCUT2D eigenvalue weighted by atomic mass is 16.1. The Morgan fingerprint density at radius 2 is 1.95 bits per heavy atom. The molecule has 4 heteroatoms. The van der Waals surface area contributed by atoms with Crippen molar-refractivity contribution in [2.24, 2.45) is 5.92 Å². The molecule has 0 fully saturated rings. The van der Waals surface area contributed by atoms with Gasteiger partial charge < -0.3 is 15.3 Å². The Morgan fingerprint density at radius 1 is 1.21 bits per heavy atom. The van der Waals surface area contributed by atoms with Gasteiger partial charge in [0, 0.05) is 6.04 Å². The SMILES string of the molecule is CCCNC(c1ccc2[nH]c(=O)[nH]c2c1)C(C)CC. The van der Waals surface area contributed by atoms with Gasteiger partial charge in [-0.15, -0.1) is 0 Å². The van der Waals surface area contributed by atoms with Crippen LogP contribution in [0.3, 0.4) is 0 Å². The zero-order chi connectivity index (χ0) is 13.8. The molecule has 0 saturated heterocycles. The number of rotatable bonds is 6. The van der Waals surface area contributed by atoms with E-state index in [2.05, 4.69) is 48.2 Å². The molecule has 1 aromatic carbocycles. The fourth-order valence-electron chi connectivity index (χ4n) is 2.43. The fourth-order valence-corrected chi connectivity index (χ4v) is 2.43. The van der Waals surface area contributed by atoms with Crippen molar-refractivity contribution in [3.63, 3.8) is 0 Å². The van der Waals surface area contributed by atoms with Crippen molar-refractivity contribution < 1.29 is 0 Å². The molecule has 0 saturated carbocycles. The van der Waals surface area contributed by atoms with Crippen molar-refractivity contribution in [1.82, 2.24) is 15.3 Å². The van der Waals surface area contributed by atoms with Crippen LogP contribution in [-0.2, 0) is 0 Å². The Hall–Kier alpha value is -1.55. The van der Waals surface area contributed by atoms with Crippen LogP contribution in [0.4, 0.5) is 0 Å². The van der Waals surface area contributed by atoms with E-state index in [-0.39, 0.29) is 5.69 Å². The third kappa shape index (κ3) is 3.07. The molecule has 4 nitrogen and oxygen atoms in total. The van der Waals surface area contributed by atoms with Gasteiger partial charge in [-0.2, -0.15) is 0 Å². The van der Waals surface area contributed by atoms with Crippen LogP contribution in [0.25, 0.3) is 11.0 Å². The normalized spacial score (nSPS) is 14.7. The lowest BCUT2D eigenvalue weighted by Crippen LogP contribution is -2.27. The van der Waals surface area contributed by atoms with Gasteiger partial charge in [-0.25, -0.2) is 4.79 Å². The second-order valence-corrected chi connectivity index (χ2v) is 5.20. The Labute approximate surface area is 113 Å². The van der Waals surface area contributed by atoms with Crippen LogP contribution < -0.4 is 11.0 Å². The van der Waals surface area contributed by atoms with Crippen LogP contribution in [0.5, 0.6) is 0 Å². The van der Waals surface area contributed by atoms with Crippen LogP contribution in [0, 0.1) is 5.92 Å². The quantitative estimate of drug-likeness (QED) is 0.748. The van der Waals surface area contributed by atoms with E-state index in [0.717, 1.165) is 30.4 Å². The molecule has 0 bridgehead atoms. The molecule has 1 heterocycles. The predicted molar refractivity (Wildman–Crippen MR) is 79.4 cm³/mol. The minimum absolute atomic E-state index is 0.145. The monoisotopic (exact) mass is 261 g/mol. The van der Waals surface area contributed by atoms with Gasteiger partial charge in [0.25, 0.3) is 0 Å². The maximum absolute atomic E-state index is 11.3.